The van der Waals surface area contributed by atoms with Crippen LogP contribution in [0.1, 0.15) is 18.6 Å². The number of hydrogen-bond acceptors (Lipinski definition) is 4. The van der Waals surface area contributed by atoms with Crippen LogP contribution in [0.4, 0.5) is 4.39 Å². The Hall–Kier alpha value is -2.11. The van der Waals surface area contributed by atoms with Crippen LogP contribution in [0.2, 0.25) is 0 Å². The summed E-state index contributed by atoms with van der Waals surface area (Å²) in [4.78, 5) is 0. The number of para-hydroxylation sites is 2. The third kappa shape index (κ3) is 4.04. The second-order valence-electron chi connectivity index (χ2n) is 5.59. The van der Waals surface area contributed by atoms with Gasteiger partial charge in [0.05, 0.1) is 13.2 Å². The van der Waals surface area contributed by atoms with Crippen LogP contribution in [-0.4, -0.2) is 32.4 Å². The number of ether oxygens (including phenoxy) is 3. The van der Waals surface area contributed by atoms with E-state index in [2.05, 4.69) is 5.32 Å². The van der Waals surface area contributed by atoms with E-state index in [1.807, 2.05) is 37.3 Å². The highest BCUT2D eigenvalue weighted by Gasteiger charge is 2.29. The fraction of sp³-hybridized carbons (Fsp3) is 0.368. The lowest BCUT2D eigenvalue weighted by atomic mass is 10.0. The molecule has 0 aliphatic carbocycles. The molecule has 0 saturated carbocycles. The van der Waals surface area contributed by atoms with E-state index in [1.54, 1.807) is 6.07 Å². The summed E-state index contributed by atoms with van der Waals surface area (Å²) < 4.78 is 31.4. The first-order valence-electron chi connectivity index (χ1n) is 8.24. The van der Waals surface area contributed by atoms with Crippen LogP contribution in [0.25, 0.3) is 0 Å². The zero-order chi connectivity index (χ0) is 16.8. The van der Waals surface area contributed by atoms with Gasteiger partial charge in [-0.3, -0.25) is 0 Å². The van der Waals surface area contributed by atoms with Crippen LogP contribution in [-0.2, 0) is 4.74 Å². The van der Waals surface area contributed by atoms with E-state index >= 15 is 0 Å². The predicted molar refractivity (Wildman–Crippen MR) is 90.0 cm³/mol. The van der Waals surface area contributed by atoms with Crippen molar-refractivity contribution in [2.45, 2.75) is 19.1 Å². The number of hydrogen-bond donors (Lipinski definition) is 1. The molecular weight excluding hydrogens is 309 g/mol. The maximum atomic E-state index is 13.7. The number of halogens is 1. The lowest BCUT2D eigenvalue weighted by molar-refractivity contribution is -0.0440. The molecule has 1 N–H and O–H groups in total. The molecule has 0 spiro atoms. The molecule has 3 rings (SSSR count). The summed E-state index contributed by atoms with van der Waals surface area (Å²) in [5.74, 6) is 1.01. The zero-order valence-electron chi connectivity index (χ0n) is 13.7. The van der Waals surface area contributed by atoms with Crippen molar-refractivity contribution in [1.82, 2.24) is 5.32 Å². The normalized spacial score (nSPS) is 18.8. The Kier molecular flexibility index (Phi) is 5.67. The monoisotopic (exact) mass is 331 g/mol. The first-order valence-corrected chi connectivity index (χ1v) is 8.24. The average molecular weight is 331 g/mol. The van der Waals surface area contributed by atoms with Gasteiger partial charge in [0.15, 0.2) is 17.6 Å². The van der Waals surface area contributed by atoms with Gasteiger partial charge in [0.25, 0.3) is 0 Å². The second-order valence-corrected chi connectivity index (χ2v) is 5.59. The molecule has 2 aromatic carbocycles. The molecule has 24 heavy (non-hydrogen) atoms. The van der Waals surface area contributed by atoms with Crippen LogP contribution in [0.3, 0.4) is 0 Å². The molecule has 1 aliphatic heterocycles. The quantitative estimate of drug-likeness (QED) is 0.881. The number of benzene rings is 2. The van der Waals surface area contributed by atoms with Gasteiger partial charge in [0.1, 0.15) is 11.9 Å². The van der Waals surface area contributed by atoms with Crippen LogP contribution >= 0.6 is 0 Å². The lowest BCUT2D eigenvalue weighted by Crippen LogP contribution is -2.43. The summed E-state index contributed by atoms with van der Waals surface area (Å²) in [5.41, 5.74) is 0.745. The Morgan fingerprint density at radius 2 is 2.04 bits per heavy atom. The fourth-order valence-corrected chi connectivity index (χ4v) is 2.78. The lowest BCUT2D eigenvalue weighted by Gasteiger charge is -2.32. The number of rotatable bonds is 6. The van der Waals surface area contributed by atoms with Crippen LogP contribution in [0.15, 0.2) is 48.5 Å². The van der Waals surface area contributed by atoms with Crippen molar-refractivity contribution < 1.29 is 18.6 Å². The van der Waals surface area contributed by atoms with E-state index in [9.17, 15) is 4.39 Å². The van der Waals surface area contributed by atoms with E-state index in [1.165, 1.54) is 12.1 Å². The van der Waals surface area contributed by atoms with Gasteiger partial charge in [-0.1, -0.05) is 24.3 Å². The predicted octanol–water partition coefficient (Wildman–Crippen LogP) is 3.33. The summed E-state index contributed by atoms with van der Waals surface area (Å²) in [6, 6.07) is 14.0. The topological polar surface area (TPSA) is 39.7 Å². The second kappa shape index (κ2) is 8.13. The van der Waals surface area contributed by atoms with E-state index in [0.29, 0.717) is 31.3 Å². The highest BCUT2D eigenvalue weighted by Crippen LogP contribution is 2.33. The average Bonchev–Trinajstić information content (AvgIpc) is 2.62. The van der Waals surface area contributed by atoms with Gasteiger partial charge >= 0.3 is 0 Å². The Morgan fingerprint density at radius 1 is 1.21 bits per heavy atom. The molecule has 1 aliphatic rings. The van der Waals surface area contributed by atoms with Gasteiger partial charge in [-0.05, 0) is 36.8 Å². The van der Waals surface area contributed by atoms with E-state index < -0.39 is 6.10 Å². The molecule has 0 aromatic heterocycles. The maximum Gasteiger partial charge on any atom is 0.162 e. The van der Waals surface area contributed by atoms with Crippen molar-refractivity contribution in [1.29, 1.82) is 0 Å². The summed E-state index contributed by atoms with van der Waals surface area (Å²) in [6.07, 6.45) is -0.620. The summed E-state index contributed by atoms with van der Waals surface area (Å²) >= 11 is 0. The van der Waals surface area contributed by atoms with Crippen molar-refractivity contribution in [2.24, 2.45) is 0 Å². The van der Waals surface area contributed by atoms with Gasteiger partial charge in [-0.25, -0.2) is 4.39 Å². The van der Waals surface area contributed by atoms with Crippen molar-refractivity contribution in [3.8, 4) is 11.5 Å². The SMILES string of the molecule is CCOc1ccccc1OC(c1cccc(F)c1)C1CNCCO1. The molecule has 2 atom stereocenters. The molecule has 1 heterocycles. The highest BCUT2D eigenvalue weighted by molar-refractivity contribution is 5.40. The molecule has 2 unspecified atom stereocenters. The smallest absolute Gasteiger partial charge is 0.162 e. The third-order valence-corrected chi connectivity index (χ3v) is 3.87. The van der Waals surface area contributed by atoms with Gasteiger partial charge < -0.3 is 19.5 Å². The zero-order valence-corrected chi connectivity index (χ0v) is 13.7. The highest BCUT2D eigenvalue weighted by atomic mass is 19.1. The Bertz CT molecular complexity index is 659. The van der Waals surface area contributed by atoms with Crippen molar-refractivity contribution in [3.05, 3.63) is 59.9 Å². The van der Waals surface area contributed by atoms with E-state index in [-0.39, 0.29) is 11.9 Å². The van der Waals surface area contributed by atoms with Crippen molar-refractivity contribution in [2.75, 3.05) is 26.3 Å². The van der Waals surface area contributed by atoms with E-state index in [4.69, 9.17) is 14.2 Å². The van der Waals surface area contributed by atoms with Crippen molar-refractivity contribution in [3.63, 3.8) is 0 Å². The fourth-order valence-electron chi connectivity index (χ4n) is 2.78. The molecular formula is C19H22FNO3. The molecule has 5 heteroatoms. The molecule has 128 valence electrons. The van der Waals surface area contributed by atoms with Gasteiger partial charge in [-0.2, -0.15) is 0 Å². The Balaban J connectivity index is 1.90. The van der Waals surface area contributed by atoms with Crippen LogP contribution < -0.4 is 14.8 Å². The Labute approximate surface area is 141 Å². The molecule has 0 bridgehead atoms. The molecule has 0 radical (unpaired) electrons. The van der Waals surface area contributed by atoms with Crippen LogP contribution in [0.5, 0.6) is 11.5 Å². The minimum atomic E-state index is -0.421. The molecule has 0 amide bonds. The molecule has 1 fully saturated rings. The number of morpholine rings is 1. The van der Waals surface area contributed by atoms with Crippen molar-refractivity contribution >= 4 is 0 Å². The summed E-state index contributed by atoms with van der Waals surface area (Å²) in [5, 5.41) is 3.30. The Morgan fingerprint density at radius 3 is 2.75 bits per heavy atom. The molecule has 4 nitrogen and oxygen atoms in total. The minimum Gasteiger partial charge on any atom is -0.490 e. The first kappa shape index (κ1) is 16.7. The standard InChI is InChI=1S/C19H22FNO3/c1-2-22-16-8-3-4-9-17(16)24-19(18-13-21-10-11-23-18)14-6-5-7-15(20)12-14/h3-9,12,18-19,21H,2,10-11,13H2,1H3. The first-order chi connectivity index (χ1) is 11.8. The molecule has 1 saturated heterocycles. The largest absolute Gasteiger partial charge is 0.490 e. The minimum absolute atomic E-state index is 0.199. The van der Waals surface area contributed by atoms with Gasteiger partial charge in [0, 0.05) is 13.1 Å². The third-order valence-electron chi connectivity index (χ3n) is 3.87. The summed E-state index contributed by atoms with van der Waals surface area (Å²) in [6.45, 7) is 4.54. The molecule has 2 aromatic rings. The van der Waals surface area contributed by atoms with E-state index in [0.717, 1.165) is 12.1 Å². The van der Waals surface area contributed by atoms with Gasteiger partial charge in [-0.15, -0.1) is 0 Å². The van der Waals surface area contributed by atoms with Crippen LogP contribution in [0, 0.1) is 5.82 Å². The number of nitrogens with one attached hydrogen (secondary N) is 1. The maximum absolute atomic E-state index is 13.7. The van der Waals surface area contributed by atoms with Gasteiger partial charge in [0.2, 0.25) is 0 Å². The summed E-state index contributed by atoms with van der Waals surface area (Å²) in [7, 11) is 0.